The summed E-state index contributed by atoms with van der Waals surface area (Å²) in [6.07, 6.45) is -2.75. The predicted molar refractivity (Wildman–Crippen MR) is 208 cm³/mol. The first-order chi connectivity index (χ1) is 28.4. The van der Waals surface area contributed by atoms with Crippen LogP contribution < -0.4 is 14.5 Å². The Morgan fingerprint density at radius 3 is 2.05 bits per heavy atom. The number of phenolic OH excluding ortho intramolecular Hbond substituents is 1. The Bertz CT molecular complexity index is 2560. The van der Waals surface area contributed by atoms with E-state index in [1.165, 1.54) is 20.2 Å². The number of nitro groups is 2. The molecule has 60 heavy (non-hydrogen) atoms. The molecule has 2 fully saturated rings. The fraction of sp³-hybridized carbons (Fsp3) is 0.256. The van der Waals surface area contributed by atoms with E-state index in [0.29, 0.717) is 16.0 Å². The number of amides is 2. The van der Waals surface area contributed by atoms with E-state index in [1.807, 2.05) is 0 Å². The summed E-state index contributed by atoms with van der Waals surface area (Å²) in [7, 11) is 2.71. The second-order valence-electron chi connectivity index (χ2n) is 15.3. The maximum absolute atomic E-state index is 15.2. The Balaban J connectivity index is 1.35. The zero-order chi connectivity index (χ0) is 43.0. The number of Topliss-reactive ketones (excluding diaryl/α,β-unsaturated/α-hetero) is 1. The highest BCUT2D eigenvalue weighted by Gasteiger charge is 2.66. The zero-order valence-corrected chi connectivity index (χ0v) is 31.7. The van der Waals surface area contributed by atoms with Crippen molar-refractivity contribution in [3.63, 3.8) is 0 Å². The maximum atomic E-state index is 15.2. The third kappa shape index (κ3) is 6.10. The molecule has 1 N–H and O–H groups in total. The number of ketones is 2. The molecule has 6 atom stereocenters. The minimum atomic E-state index is -5.15. The SMILES string of the molecule is CN(C)c1c([N+](=O)[O-])cc(N2C(=O)[C@H]3[C@H](CC=C4[C@H]3C[C@H]3C(=O)C(c5ccccc5)=CC(=O)[C@@]3(c3ccccc3)[C@H]4c3cc(OC(F)(F)F)ccc3O)C2=O)cc1[N+](=O)[O-]. The van der Waals surface area contributed by atoms with Crippen LogP contribution in [0.4, 0.5) is 35.9 Å². The van der Waals surface area contributed by atoms with Crippen LogP contribution in [0.15, 0.2) is 109 Å². The molecule has 306 valence electrons. The largest absolute Gasteiger partial charge is 0.573 e. The summed E-state index contributed by atoms with van der Waals surface area (Å²) in [5, 5.41) is 36.0. The summed E-state index contributed by atoms with van der Waals surface area (Å²) in [6, 6.07) is 21.1. The number of allylic oxidation sites excluding steroid dienone is 4. The van der Waals surface area contributed by atoms with Crippen LogP contribution in [0.5, 0.6) is 11.5 Å². The number of anilines is 2. The number of rotatable bonds is 8. The van der Waals surface area contributed by atoms with Gasteiger partial charge in [-0.25, -0.2) is 4.90 Å². The van der Waals surface area contributed by atoms with Gasteiger partial charge in [0.05, 0.1) is 32.8 Å². The van der Waals surface area contributed by atoms with E-state index in [0.717, 1.165) is 35.2 Å². The molecule has 8 rings (SSSR count). The average Bonchev–Trinajstić information content (AvgIpc) is 3.47. The van der Waals surface area contributed by atoms with Gasteiger partial charge in [0.1, 0.15) is 11.5 Å². The summed E-state index contributed by atoms with van der Waals surface area (Å²) in [6.45, 7) is 0. The van der Waals surface area contributed by atoms with E-state index in [2.05, 4.69) is 4.74 Å². The fourth-order valence-electron chi connectivity index (χ4n) is 9.89. The summed E-state index contributed by atoms with van der Waals surface area (Å²) < 4.78 is 45.2. The molecule has 0 radical (unpaired) electrons. The molecule has 1 saturated carbocycles. The van der Waals surface area contributed by atoms with Gasteiger partial charge in [-0.2, -0.15) is 0 Å². The highest BCUT2D eigenvalue weighted by Crippen LogP contribution is 2.65. The number of phenols is 1. The quantitative estimate of drug-likeness (QED) is 0.0818. The number of nitrogens with zero attached hydrogens (tertiary/aromatic N) is 4. The van der Waals surface area contributed by atoms with E-state index in [-0.39, 0.29) is 35.2 Å². The van der Waals surface area contributed by atoms with Gasteiger partial charge in [0.15, 0.2) is 17.3 Å². The number of alkyl halides is 3. The lowest BCUT2D eigenvalue weighted by atomic mass is 9.44. The van der Waals surface area contributed by atoms with Crippen molar-refractivity contribution < 1.29 is 52.0 Å². The third-order valence-electron chi connectivity index (χ3n) is 12.1. The minimum absolute atomic E-state index is 0.0464. The van der Waals surface area contributed by atoms with Gasteiger partial charge in [0.2, 0.25) is 11.8 Å². The third-order valence-corrected chi connectivity index (χ3v) is 12.1. The second kappa shape index (κ2) is 14.3. The molecule has 4 aromatic carbocycles. The van der Waals surface area contributed by atoms with Crippen LogP contribution in [0, 0.1) is 43.9 Å². The van der Waals surface area contributed by atoms with Gasteiger partial charge < -0.3 is 14.7 Å². The van der Waals surface area contributed by atoms with Gasteiger partial charge in [0, 0.05) is 49.2 Å². The number of nitro benzene ring substituents is 2. The van der Waals surface area contributed by atoms with Crippen LogP contribution >= 0.6 is 0 Å². The Kier molecular flexibility index (Phi) is 9.44. The van der Waals surface area contributed by atoms with Gasteiger partial charge in [0.25, 0.3) is 0 Å². The van der Waals surface area contributed by atoms with Crippen molar-refractivity contribution >= 4 is 51.7 Å². The van der Waals surface area contributed by atoms with Crippen LogP contribution in [0.3, 0.4) is 0 Å². The molecule has 2 amide bonds. The predicted octanol–water partition coefficient (Wildman–Crippen LogP) is 7.20. The lowest BCUT2D eigenvalue weighted by Crippen LogP contribution is -2.58. The number of hydrogen-bond donors (Lipinski definition) is 1. The number of hydrogen-bond acceptors (Lipinski definition) is 11. The first kappa shape index (κ1) is 39.6. The minimum Gasteiger partial charge on any atom is -0.508 e. The number of aromatic hydroxyl groups is 1. The van der Waals surface area contributed by atoms with Crippen LogP contribution in [0.2, 0.25) is 0 Å². The molecule has 0 bridgehead atoms. The number of fused-ring (bicyclic) bond motifs is 4. The van der Waals surface area contributed by atoms with Crippen molar-refractivity contribution in [2.45, 2.75) is 30.5 Å². The van der Waals surface area contributed by atoms with E-state index in [9.17, 15) is 48.1 Å². The first-order valence-corrected chi connectivity index (χ1v) is 18.7. The summed E-state index contributed by atoms with van der Waals surface area (Å²) in [4.78, 5) is 84.1. The molecule has 1 heterocycles. The lowest BCUT2D eigenvalue weighted by molar-refractivity contribution is -0.392. The normalized spacial score (nSPS) is 24.8. The van der Waals surface area contributed by atoms with Crippen LogP contribution in [0.25, 0.3) is 5.57 Å². The molecule has 0 unspecified atom stereocenters. The van der Waals surface area contributed by atoms with E-state index >= 15 is 9.59 Å². The van der Waals surface area contributed by atoms with Gasteiger partial charge in [-0.3, -0.25) is 39.4 Å². The van der Waals surface area contributed by atoms with E-state index < -0.39 is 103 Å². The standard InChI is InChI=1S/C43H33F3N4O10/c1-47(2)38-32(49(56)57)17-24(18-33(38)50(58)59)48-40(54)27-15-14-26-29(36(27)41(48)55)20-31-39(53)28(22-9-5-3-6-10-22)21-35(52)42(31,23-11-7-4-8-12-23)37(26)30-19-25(13-16-34(30)51)60-43(44,45)46/h3-14,16-19,21,27,29,31,36-37,51H,15,20H2,1-2H3/t27-,29+,31-,36-,37+,42-/m0/s1. The molecular formula is C43H33F3N4O10. The Morgan fingerprint density at radius 1 is 0.850 bits per heavy atom. The fourth-order valence-corrected chi connectivity index (χ4v) is 9.89. The molecular weight excluding hydrogens is 789 g/mol. The molecule has 0 spiro atoms. The first-order valence-electron chi connectivity index (χ1n) is 18.7. The number of carbonyl (C=O) groups is 4. The molecule has 1 aliphatic heterocycles. The second-order valence-corrected chi connectivity index (χ2v) is 15.3. The van der Waals surface area contributed by atoms with Crippen molar-refractivity contribution in [1.82, 2.24) is 0 Å². The summed E-state index contributed by atoms with van der Waals surface area (Å²) in [5.41, 5.74) is -3.36. The van der Waals surface area contributed by atoms with Crippen LogP contribution in [-0.2, 0) is 24.6 Å². The topological polar surface area (TPSA) is 190 Å². The van der Waals surface area contributed by atoms with E-state index in [4.69, 9.17) is 0 Å². The summed E-state index contributed by atoms with van der Waals surface area (Å²) in [5.74, 6) is -10.4. The van der Waals surface area contributed by atoms with Crippen molar-refractivity contribution in [3.8, 4) is 11.5 Å². The van der Waals surface area contributed by atoms with Gasteiger partial charge in [-0.05, 0) is 54.2 Å². The van der Waals surface area contributed by atoms with Gasteiger partial charge >= 0.3 is 17.7 Å². The van der Waals surface area contributed by atoms with Crippen molar-refractivity contribution in [2.24, 2.45) is 23.7 Å². The van der Waals surface area contributed by atoms with Crippen LogP contribution in [0.1, 0.15) is 35.4 Å². The Labute approximate surface area is 338 Å². The average molecular weight is 823 g/mol. The maximum Gasteiger partial charge on any atom is 0.573 e. The zero-order valence-electron chi connectivity index (χ0n) is 31.7. The summed E-state index contributed by atoms with van der Waals surface area (Å²) >= 11 is 0. The monoisotopic (exact) mass is 822 g/mol. The van der Waals surface area contributed by atoms with Crippen LogP contribution in [-0.4, -0.2) is 58.8 Å². The molecule has 3 aliphatic carbocycles. The van der Waals surface area contributed by atoms with Gasteiger partial charge in [-0.15, -0.1) is 13.2 Å². The number of halogens is 3. The molecule has 4 aromatic rings. The van der Waals surface area contributed by atoms with E-state index in [1.54, 1.807) is 66.7 Å². The molecule has 4 aliphatic rings. The molecule has 1 saturated heterocycles. The molecule has 14 nitrogen and oxygen atoms in total. The van der Waals surface area contributed by atoms with Crippen molar-refractivity contribution in [3.05, 3.63) is 146 Å². The molecule has 0 aromatic heterocycles. The Hall–Kier alpha value is -7.17. The van der Waals surface area contributed by atoms with Crippen molar-refractivity contribution in [2.75, 3.05) is 23.9 Å². The highest BCUT2D eigenvalue weighted by atomic mass is 19.4. The number of ether oxygens (including phenoxy) is 1. The van der Waals surface area contributed by atoms with Gasteiger partial charge in [-0.1, -0.05) is 72.3 Å². The smallest absolute Gasteiger partial charge is 0.508 e. The molecule has 17 heteroatoms. The number of carbonyl (C=O) groups excluding carboxylic acids is 4. The number of benzene rings is 4. The van der Waals surface area contributed by atoms with Crippen molar-refractivity contribution in [1.29, 1.82) is 0 Å². The Morgan fingerprint density at radius 2 is 1.47 bits per heavy atom. The highest BCUT2D eigenvalue weighted by molar-refractivity contribution is 6.32. The lowest BCUT2D eigenvalue weighted by Gasteiger charge is -2.55. The number of imide groups is 1.